The maximum absolute atomic E-state index is 11.5. The second kappa shape index (κ2) is 48.4. The van der Waals surface area contributed by atoms with Crippen molar-refractivity contribution in [3.63, 3.8) is 0 Å². The van der Waals surface area contributed by atoms with Crippen molar-refractivity contribution in [3.8, 4) is 69.0 Å². The fourth-order valence-corrected chi connectivity index (χ4v) is 20.5. The number of benzene rings is 6. The molecule has 6 saturated heterocycles. The predicted octanol–water partition coefficient (Wildman–Crippen LogP) is 19.3. The van der Waals surface area contributed by atoms with Gasteiger partial charge in [0.05, 0.1) is 135 Å². The zero-order valence-corrected chi connectivity index (χ0v) is 83.3. The summed E-state index contributed by atoms with van der Waals surface area (Å²) in [5.41, 5.74) is -6.83. The van der Waals surface area contributed by atoms with E-state index in [0.717, 1.165) is 48.6 Å². The lowest BCUT2D eigenvalue weighted by Crippen LogP contribution is -2.48. The second-order valence-corrected chi connectivity index (χ2v) is 39.1. The van der Waals surface area contributed by atoms with Crippen molar-refractivity contribution in [2.45, 2.75) is 291 Å². The number of hydrogen-bond donors (Lipinski definition) is 6. The Balaban J connectivity index is 0.000000194. The lowest BCUT2D eigenvalue weighted by Gasteiger charge is -2.47. The van der Waals surface area contributed by atoms with Crippen LogP contribution in [0.2, 0.25) is 0 Å². The van der Waals surface area contributed by atoms with E-state index in [9.17, 15) is 30.6 Å². The molecule has 6 aromatic carbocycles. The first-order chi connectivity index (χ1) is 90.1. The van der Waals surface area contributed by atoms with Crippen LogP contribution in [-0.2, 0) is 38.3 Å². The van der Waals surface area contributed by atoms with Crippen LogP contribution in [0.15, 0.2) is 72.8 Å². The molecular formula is C117H180N6O18. The molecule has 0 bridgehead atoms. The molecule has 0 radical (unpaired) electrons. The van der Waals surface area contributed by atoms with Gasteiger partial charge in [-0.05, 0) is 324 Å². The Morgan fingerprint density at radius 1 is 0.319 bits per heavy atom. The Hall–Kier alpha value is -7.56. The van der Waals surface area contributed by atoms with Gasteiger partial charge in [-0.2, -0.15) is 0 Å². The molecule has 0 amide bonds. The monoisotopic (exact) mass is 2020 g/mol. The van der Waals surface area contributed by atoms with Gasteiger partial charge in [-0.15, -0.1) is 0 Å². The number of hydrogen-bond acceptors (Lipinski definition) is 24. The van der Waals surface area contributed by atoms with Gasteiger partial charge in [0.25, 0.3) is 0 Å². The minimum absolute atomic E-state index is 0.0186. The van der Waals surface area contributed by atoms with Gasteiger partial charge in [-0.25, -0.2) is 0 Å². The molecule has 0 aromatic heterocycles. The van der Waals surface area contributed by atoms with Gasteiger partial charge in [-0.3, -0.25) is 29.4 Å². The van der Waals surface area contributed by atoms with Crippen molar-refractivity contribution in [2.75, 3.05) is 163 Å². The van der Waals surface area contributed by atoms with E-state index in [-0.39, 0.29) is 128 Å². The lowest BCUT2D eigenvalue weighted by atomic mass is 9.75. The van der Waals surface area contributed by atoms with E-state index in [1.54, 1.807) is 21.9 Å². The van der Waals surface area contributed by atoms with Gasteiger partial charge in [0.15, 0.2) is 69.0 Å². The Morgan fingerprint density at radius 2 is 0.546 bits per heavy atom. The zero-order chi connectivity index (χ0) is 153. The average Bonchev–Trinajstić information content (AvgIpc) is 0.645. The molecule has 0 aliphatic carbocycles. The number of ether oxygens (including phenoxy) is 12. The molecule has 12 aliphatic rings. The SMILES string of the molecule is [2H]C([2H])([2H])C(C)(C([2H])([2H])[2H])C([2H])([2H])C1CN2C(CC1O)c1cc(OC)c(OC)cc1C([2H])([2H])C2([2H])[2H].[2H]C([2H])([2H])Oc1cc2c(cc1OC)C([2H])([2H])C([2H])([2H])N1CC(C([2H])([2H])C(C)(C([2H])([2H])[2H])C([2H])([2H])[2H])C(O)CC21.[2H]C([2H])([2H])Oc1cc2c(cc1OC)C([2H])([2H])C([2H])([2H])N1CC(CC(C)C)C(O)CC21.[2H]C([2H])([2H])Oc1cc2c(cc1OC)CCN1C2C([2H])([2H])C([2H])(O)C([2H])(C([2H])([2H])C(C)(C([2H])([2H])[2H])C([2H])([2H])[2H])C1([2H])[2H].[2H]C1([2H])c2cc(OC)c(OC)cc2C2CC(O)C(CC(C)C)CN2C1([2H])[2H].[2H]C1([2H])c2cc(OC)c(OC)cc2C2CC(O)C(CC(C)C)CN2C1([2H])[2H]. The molecule has 786 valence electrons. The first-order valence-corrected chi connectivity index (χ1v) is 47.4. The topological polar surface area (TPSA) is 252 Å². The molecule has 24 nitrogen and oxygen atoms in total. The third-order valence-electron chi connectivity index (χ3n) is 27.0. The third kappa shape index (κ3) is 26.9. The minimum Gasteiger partial charge on any atom is -0.493 e. The highest BCUT2D eigenvalue weighted by Gasteiger charge is 2.47. The van der Waals surface area contributed by atoms with Crippen molar-refractivity contribution < 1.29 is 168 Å². The maximum atomic E-state index is 11.5. The van der Waals surface area contributed by atoms with Gasteiger partial charge in [-0.1, -0.05) is 103 Å². The number of fused-ring (bicyclic) bond motifs is 18. The van der Waals surface area contributed by atoms with Crippen LogP contribution in [0.5, 0.6) is 69.0 Å². The van der Waals surface area contributed by atoms with Crippen LogP contribution < -0.4 is 56.8 Å². The smallest absolute Gasteiger partial charge is 0.161 e. The predicted molar refractivity (Wildman–Crippen MR) is 561 cm³/mol. The van der Waals surface area contributed by atoms with Crippen LogP contribution in [0.3, 0.4) is 0 Å². The van der Waals surface area contributed by atoms with Crippen LogP contribution >= 0.6 is 0 Å². The summed E-state index contributed by atoms with van der Waals surface area (Å²) in [5, 5.41) is 65.9. The highest BCUT2D eigenvalue weighted by Crippen LogP contribution is 2.53. The molecule has 18 rings (SSSR count). The van der Waals surface area contributed by atoms with E-state index < -0.39 is 297 Å². The third-order valence-corrected chi connectivity index (χ3v) is 27.0. The van der Waals surface area contributed by atoms with Crippen molar-refractivity contribution in [1.29, 1.82) is 0 Å². The molecule has 0 saturated carbocycles. The standard InChI is InChI=1S/3C20H31NO3.3C19H29NO3/c3*1-20(2,3)11-14-12-21-7-6-13-8-18(23-4)19(24-5)9-15(13)16(21)10-17(14)22;3*1-12(2)7-14-11-20-6-5-13-8-18(22-3)19(23-4)9-15(13)16(20)10-17(14)21/h3*8-9,14,16-17,22H,6-7,10-12H2,1-5H3;3*8-9,12,14,16-17,21H,5-7,10-11H2,1-4H3/i1D3,2D3,5D3,10D2,11D2,12D2,14D,17D;1D3,2D3,5D3,6D2,7D2,11D2;1D3,2D3,6D2,7D2,11D2;4D3,5D2,6D2;2*5D2,6D2. The van der Waals surface area contributed by atoms with E-state index >= 15 is 0 Å². The molecule has 12 aliphatic heterocycles. The molecule has 18 atom stereocenters. The quantitative estimate of drug-likeness (QED) is 0.0392. The van der Waals surface area contributed by atoms with Crippen LogP contribution in [0.1, 0.15) is 364 Å². The summed E-state index contributed by atoms with van der Waals surface area (Å²) in [6.07, 6.45) is -32.7. The normalized spacial score (nSPS) is 40.0. The van der Waals surface area contributed by atoms with Crippen molar-refractivity contribution in [1.82, 2.24) is 29.4 Å². The Kier molecular flexibility index (Phi) is 19.2. The van der Waals surface area contributed by atoms with Crippen LogP contribution in [-0.4, -0.2) is 260 Å². The van der Waals surface area contributed by atoms with E-state index in [0.29, 0.717) is 107 Å². The molecule has 141 heavy (non-hydrogen) atoms. The van der Waals surface area contributed by atoms with Crippen molar-refractivity contribution in [2.24, 2.45) is 69.5 Å². The first kappa shape index (κ1) is 56.0. The minimum atomic E-state index is -4.13. The summed E-state index contributed by atoms with van der Waals surface area (Å²) in [5.74, 6) is -5.58. The molecule has 12 heterocycles. The van der Waals surface area contributed by atoms with Gasteiger partial charge < -0.3 is 87.5 Å². The summed E-state index contributed by atoms with van der Waals surface area (Å²) in [7, 11) is 3.82. The van der Waals surface area contributed by atoms with Gasteiger partial charge in [0, 0.05) is 182 Å². The largest absolute Gasteiger partial charge is 0.493 e. The van der Waals surface area contributed by atoms with Crippen molar-refractivity contribution in [3.05, 3.63) is 140 Å². The van der Waals surface area contributed by atoms with E-state index in [2.05, 4.69) is 27.7 Å². The highest BCUT2D eigenvalue weighted by molar-refractivity contribution is 5.55. The molecule has 18 unspecified atom stereocenters. The summed E-state index contributed by atoms with van der Waals surface area (Å²) in [4.78, 5) is 7.28. The number of nitrogens with zero attached hydrogens (tertiary/aromatic N) is 6. The number of methoxy groups -OCH3 is 12. The number of aryl methyl sites for hydroxylation is 5. The second-order valence-electron chi connectivity index (χ2n) is 39.1. The van der Waals surface area contributed by atoms with Crippen LogP contribution in [0.25, 0.3) is 0 Å². The van der Waals surface area contributed by atoms with Gasteiger partial charge >= 0.3 is 0 Å². The van der Waals surface area contributed by atoms with Crippen LogP contribution in [0, 0.1) is 69.5 Å². The number of aliphatic hydroxyl groups is 6. The number of piperidine rings is 6. The molecular weight excluding hydrogens is 1780 g/mol. The molecule has 0 spiro atoms. The van der Waals surface area contributed by atoms with Gasteiger partial charge in [0.1, 0.15) is 0 Å². The van der Waals surface area contributed by atoms with E-state index in [4.69, 9.17) is 138 Å². The van der Waals surface area contributed by atoms with E-state index in [1.165, 1.54) is 117 Å². The summed E-state index contributed by atoms with van der Waals surface area (Å²) in [6, 6.07) is 11.3. The Bertz CT molecular complexity index is 7630. The zero-order valence-electron chi connectivity index (χ0n) is 142. The average molecular weight is 2020 g/mol. The molecule has 6 aromatic rings. The molecule has 6 N–H and O–H groups in total. The summed E-state index contributed by atoms with van der Waals surface area (Å²) in [6.45, 7) is -23.2. The molecule has 6 fully saturated rings. The first-order valence-electron chi connectivity index (χ1n) is 76.9. The number of rotatable bonds is 21. The van der Waals surface area contributed by atoms with Crippen LogP contribution in [0.4, 0.5) is 0 Å². The maximum Gasteiger partial charge on any atom is 0.161 e. The number of aliphatic hydroxyl groups excluding tert-OH is 5. The Morgan fingerprint density at radius 3 is 0.794 bits per heavy atom. The van der Waals surface area contributed by atoms with Crippen molar-refractivity contribution >= 4 is 0 Å². The van der Waals surface area contributed by atoms with E-state index in [1.807, 2.05) is 13.8 Å². The summed E-state index contributed by atoms with van der Waals surface area (Å²) < 4.78 is 549. The molecule has 24 heteroatoms. The Labute approximate surface area is 929 Å². The van der Waals surface area contributed by atoms with Gasteiger partial charge in [0.2, 0.25) is 0 Å². The highest BCUT2D eigenvalue weighted by atomic mass is 16.5. The fourth-order valence-electron chi connectivity index (χ4n) is 20.5. The fraction of sp³-hybridized carbons (Fsp3) is 0.692. The lowest BCUT2D eigenvalue weighted by molar-refractivity contribution is -0.0259. The summed E-state index contributed by atoms with van der Waals surface area (Å²) >= 11 is 0.